The molecule has 1 aliphatic rings. The van der Waals surface area contributed by atoms with Crippen LogP contribution in [0.2, 0.25) is 0 Å². The summed E-state index contributed by atoms with van der Waals surface area (Å²) in [6.45, 7) is 1.47. The molecule has 0 aromatic carbocycles. The van der Waals surface area contributed by atoms with E-state index in [1.54, 1.807) is 4.57 Å². The molecule has 0 unspecified atom stereocenters. The molecular weight excluding hydrogens is 204 g/mol. The molecule has 1 fully saturated rings. The van der Waals surface area contributed by atoms with Gasteiger partial charge in [-0.2, -0.15) is 5.10 Å². The lowest BCUT2D eigenvalue weighted by molar-refractivity contribution is 0.312. The first-order valence-corrected chi connectivity index (χ1v) is 6.10. The summed E-state index contributed by atoms with van der Waals surface area (Å²) >= 11 is 0. The zero-order valence-electron chi connectivity index (χ0n) is 9.83. The van der Waals surface area contributed by atoms with Crippen LogP contribution in [0.15, 0.2) is 4.79 Å². The van der Waals surface area contributed by atoms with Gasteiger partial charge in [0, 0.05) is 6.54 Å². The molecule has 0 aliphatic heterocycles. The van der Waals surface area contributed by atoms with Gasteiger partial charge < -0.3 is 5.32 Å². The summed E-state index contributed by atoms with van der Waals surface area (Å²) in [5.41, 5.74) is -0.0733. The van der Waals surface area contributed by atoms with Crippen molar-refractivity contribution in [3.05, 3.63) is 16.3 Å². The van der Waals surface area contributed by atoms with Gasteiger partial charge in [0.25, 0.3) is 0 Å². The lowest BCUT2D eigenvalue weighted by atomic mass is 9.89. The van der Waals surface area contributed by atoms with Crippen molar-refractivity contribution in [1.82, 2.24) is 20.1 Å². The van der Waals surface area contributed by atoms with Gasteiger partial charge in [-0.05, 0) is 25.8 Å². The van der Waals surface area contributed by atoms with Gasteiger partial charge in [0.15, 0.2) is 0 Å². The highest BCUT2D eigenvalue weighted by Crippen LogP contribution is 2.24. The van der Waals surface area contributed by atoms with Crippen LogP contribution in [0.3, 0.4) is 0 Å². The molecule has 16 heavy (non-hydrogen) atoms. The van der Waals surface area contributed by atoms with E-state index in [9.17, 15) is 4.79 Å². The average Bonchev–Trinajstić information content (AvgIpc) is 2.64. The van der Waals surface area contributed by atoms with Gasteiger partial charge >= 0.3 is 5.69 Å². The third-order valence-electron chi connectivity index (χ3n) is 3.34. The number of aromatic amines is 1. The van der Waals surface area contributed by atoms with Crippen LogP contribution in [0.5, 0.6) is 0 Å². The van der Waals surface area contributed by atoms with E-state index in [0.29, 0.717) is 12.5 Å². The topological polar surface area (TPSA) is 62.7 Å². The van der Waals surface area contributed by atoms with Gasteiger partial charge in [0.1, 0.15) is 5.82 Å². The monoisotopic (exact) mass is 224 g/mol. The van der Waals surface area contributed by atoms with Gasteiger partial charge in [0.2, 0.25) is 0 Å². The highest BCUT2D eigenvalue weighted by Gasteiger charge is 2.17. The number of H-pyrrole nitrogens is 1. The molecule has 1 aromatic heterocycles. The third kappa shape index (κ3) is 2.52. The number of nitrogens with zero attached hydrogens (tertiary/aromatic N) is 2. The number of hydrogen-bond acceptors (Lipinski definition) is 3. The maximum absolute atomic E-state index is 11.6. The van der Waals surface area contributed by atoms with Crippen LogP contribution in [0.25, 0.3) is 0 Å². The molecule has 1 aromatic rings. The molecule has 2 N–H and O–H groups in total. The Morgan fingerprint density at radius 2 is 2.19 bits per heavy atom. The number of aromatic nitrogens is 3. The number of hydrogen-bond donors (Lipinski definition) is 2. The molecule has 0 bridgehead atoms. The fourth-order valence-electron chi connectivity index (χ4n) is 2.46. The van der Waals surface area contributed by atoms with Crippen LogP contribution < -0.4 is 11.0 Å². The molecule has 90 valence electrons. The fourth-order valence-corrected chi connectivity index (χ4v) is 2.46. The van der Waals surface area contributed by atoms with E-state index in [1.807, 2.05) is 7.05 Å². The van der Waals surface area contributed by atoms with Crippen molar-refractivity contribution in [3.8, 4) is 0 Å². The maximum Gasteiger partial charge on any atom is 0.343 e. The number of nitrogens with one attached hydrogen (secondary N) is 2. The summed E-state index contributed by atoms with van der Waals surface area (Å²) in [6.07, 6.45) is 6.45. The van der Waals surface area contributed by atoms with Crippen molar-refractivity contribution < 1.29 is 0 Å². The van der Waals surface area contributed by atoms with Gasteiger partial charge in [-0.3, -0.25) is 4.57 Å². The molecule has 2 rings (SSSR count). The SMILES string of the molecule is CNCc1n[nH]c(=O)n1CC1CCCCC1. The van der Waals surface area contributed by atoms with Crippen molar-refractivity contribution >= 4 is 0 Å². The van der Waals surface area contributed by atoms with Crippen LogP contribution in [-0.4, -0.2) is 21.8 Å². The Hall–Kier alpha value is -1.10. The van der Waals surface area contributed by atoms with E-state index in [1.165, 1.54) is 32.1 Å². The summed E-state index contributed by atoms with van der Waals surface area (Å²) in [5.74, 6) is 1.47. The average molecular weight is 224 g/mol. The quantitative estimate of drug-likeness (QED) is 0.797. The lowest BCUT2D eigenvalue weighted by Crippen LogP contribution is -2.26. The highest BCUT2D eigenvalue weighted by atomic mass is 16.1. The van der Waals surface area contributed by atoms with E-state index in [4.69, 9.17) is 0 Å². The Morgan fingerprint density at radius 1 is 1.44 bits per heavy atom. The van der Waals surface area contributed by atoms with Crippen LogP contribution in [0.4, 0.5) is 0 Å². The first kappa shape index (κ1) is 11.4. The third-order valence-corrected chi connectivity index (χ3v) is 3.34. The minimum atomic E-state index is -0.0733. The normalized spacial score (nSPS) is 17.8. The summed E-state index contributed by atoms with van der Waals surface area (Å²) < 4.78 is 1.78. The first-order valence-electron chi connectivity index (χ1n) is 6.10. The maximum atomic E-state index is 11.6. The molecule has 1 aliphatic carbocycles. The van der Waals surface area contributed by atoms with Gasteiger partial charge in [0.05, 0.1) is 6.54 Å². The molecule has 1 saturated carbocycles. The second kappa shape index (κ2) is 5.30. The van der Waals surface area contributed by atoms with E-state index < -0.39 is 0 Å². The second-order valence-corrected chi connectivity index (χ2v) is 4.59. The summed E-state index contributed by atoms with van der Waals surface area (Å²) in [5, 5.41) is 9.60. The summed E-state index contributed by atoms with van der Waals surface area (Å²) in [6, 6.07) is 0. The lowest BCUT2D eigenvalue weighted by Gasteiger charge is -2.21. The van der Waals surface area contributed by atoms with Crippen molar-refractivity contribution in [2.45, 2.75) is 45.2 Å². The molecule has 5 heteroatoms. The van der Waals surface area contributed by atoms with Crippen molar-refractivity contribution in [2.75, 3.05) is 7.05 Å². The number of rotatable bonds is 4. The summed E-state index contributed by atoms with van der Waals surface area (Å²) in [7, 11) is 1.87. The Balaban J connectivity index is 2.06. The predicted molar refractivity (Wildman–Crippen MR) is 62.2 cm³/mol. The minimum Gasteiger partial charge on any atom is -0.313 e. The van der Waals surface area contributed by atoms with E-state index in [2.05, 4.69) is 15.5 Å². The Kier molecular flexibility index (Phi) is 3.77. The Labute approximate surface area is 95.2 Å². The van der Waals surface area contributed by atoms with E-state index in [-0.39, 0.29) is 5.69 Å². The molecule has 0 atom stereocenters. The zero-order chi connectivity index (χ0) is 11.4. The molecule has 0 amide bonds. The minimum absolute atomic E-state index is 0.0733. The van der Waals surface area contributed by atoms with Gasteiger partial charge in [-0.1, -0.05) is 19.3 Å². The highest BCUT2D eigenvalue weighted by molar-refractivity contribution is 4.86. The molecule has 1 heterocycles. The van der Waals surface area contributed by atoms with Crippen LogP contribution >= 0.6 is 0 Å². The molecule has 0 radical (unpaired) electrons. The van der Waals surface area contributed by atoms with Crippen molar-refractivity contribution in [1.29, 1.82) is 0 Å². The second-order valence-electron chi connectivity index (χ2n) is 4.59. The summed E-state index contributed by atoms with van der Waals surface area (Å²) in [4.78, 5) is 11.6. The fraction of sp³-hybridized carbons (Fsp3) is 0.818. The molecule has 5 nitrogen and oxygen atoms in total. The van der Waals surface area contributed by atoms with Crippen LogP contribution in [0, 0.1) is 5.92 Å². The largest absolute Gasteiger partial charge is 0.343 e. The van der Waals surface area contributed by atoms with E-state index >= 15 is 0 Å². The van der Waals surface area contributed by atoms with Gasteiger partial charge in [-0.15, -0.1) is 0 Å². The van der Waals surface area contributed by atoms with E-state index in [0.717, 1.165) is 12.4 Å². The van der Waals surface area contributed by atoms with Crippen molar-refractivity contribution in [2.24, 2.45) is 5.92 Å². The van der Waals surface area contributed by atoms with Gasteiger partial charge in [-0.25, -0.2) is 9.89 Å². The Bertz CT molecular complexity index is 376. The van der Waals surface area contributed by atoms with Crippen LogP contribution in [0.1, 0.15) is 37.9 Å². The molecule has 0 spiro atoms. The predicted octanol–water partition coefficient (Wildman–Crippen LogP) is 0.871. The standard InChI is InChI=1S/C11H20N4O/c1-12-7-10-13-14-11(16)15(10)8-9-5-3-2-4-6-9/h9,12H,2-8H2,1H3,(H,14,16). The molecular formula is C11H20N4O. The molecule has 0 saturated heterocycles. The Morgan fingerprint density at radius 3 is 2.88 bits per heavy atom. The van der Waals surface area contributed by atoms with Crippen LogP contribution in [-0.2, 0) is 13.1 Å². The van der Waals surface area contributed by atoms with Crippen molar-refractivity contribution in [3.63, 3.8) is 0 Å². The zero-order valence-corrected chi connectivity index (χ0v) is 9.83. The smallest absolute Gasteiger partial charge is 0.313 e. The first-order chi connectivity index (χ1) is 7.81.